The highest BCUT2D eigenvalue weighted by Crippen LogP contribution is 2.30. The number of aliphatic hydroxyl groups is 5. The molecule has 1 aliphatic rings. The second-order valence-corrected chi connectivity index (χ2v) is 34.7. The number of aliphatic hydroxyl groups excluding tert-OH is 5. The molecule has 17 unspecified atom stereocenters. The summed E-state index contributed by atoms with van der Waals surface area (Å²) in [6.07, 6.45) is 93.5. The number of nitrogens with two attached hydrogens (primary N) is 4. The van der Waals surface area contributed by atoms with Crippen LogP contribution in [-0.2, 0) is 28.7 Å². The molecule has 1 rings (SSSR count). The summed E-state index contributed by atoms with van der Waals surface area (Å²) in [6, 6.07) is 0. The van der Waals surface area contributed by atoms with Crippen molar-refractivity contribution in [2.45, 2.75) is 289 Å². The molecule has 0 saturated carbocycles. The van der Waals surface area contributed by atoms with Crippen LogP contribution in [0.4, 0.5) is 0 Å². The monoisotopic (exact) mass is 1800 g/mol. The lowest BCUT2D eigenvalue weighted by Gasteiger charge is -2.40. The summed E-state index contributed by atoms with van der Waals surface area (Å²) in [7, 11) is 1.85. The van der Waals surface area contributed by atoms with Gasteiger partial charge in [0.2, 0.25) is 0 Å². The zero-order chi connectivity index (χ0) is 98.0. The number of ketones is 3. The molecule has 15 N–H and O–H groups in total. The van der Waals surface area contributed by atoms with Gasteiger partial charge in [-0.1, -0.05) is 318 Å². The average molecular weight is 1800 g/mol. The van der Waals surface area contributed by atoms with Gasteiger partial charge in [-0.2, -0.15) is 0 Å². The number of hydrogen-bond acceptors (Lipinski definition) is 14. The number of nitrogens with one attached hydrogen (secondary N) is 1. The molecule has 0 aromatic heterocycles. The smallest absolute Gasteiger partial charge is 0.335 e. The Bertz CT molecular complexity index is 4000. The van der Waals surface area contributed by atoms with Crippen LogP contribution in [0.5, 0.6) is 0 Å². The molecule has 0 aliphatic carbocycles. The number of allylic oxidation sites excluding steroid dienone is 42. The van der Waals surface area contributed by atoms with E-state index in [2.05, 4.69) is 138 Å². The van der Waals surface area contributed by atoms with Gasteiger partial charge in [-0.05, 0) is 253 Å². The van der Waals surface area contributed by atoms with Gasteiger partial charge in [0.1, 0.15) is 18.3 Å². The topological polar surface area (TPSA) is 352 Å². The molecule has 17 atom stereocenters. The van der Waals surface area contributed by atoms with Crippen LogP contribution in [0.15, 0.2) is 294 Å². The molecule has 1 aliphatic heterocycles. The van der Waals surface area contributed by atoms with Crippen LogP contribution in [0.2, 0.25) is 0 Å². The zero-order valence-corrected chi connectivity index (χ0v) is 82.7. The predicted octanol–water partition coefficient (Wildman–Crippen LogP) is 22.2. The van der Waals surface area contributed by atoms with E-state index < -0.39 is 55.0 Å². The van der Waals surface area contributed by atoms with Crippen molar-refractivity contribution in [2.24, 2.45) is 81.2 Å². The van der Waals surface area contributed by atoms with Gasteiger partial charge in [-0.3, -0.25) is 24.8 Å². The van der Waals surface area contributed by atoms with Crippen molar-refractivity contribution < 1.29 is 59.3 Å². The van der Waals surface area contributed by atoms with Gasteiger partial charge < -0.3 is 67.9 Å². The Kier molecular flexibility index (Phi) is 73.6. The highest BCUT2D eigenvalue weighted by Gasteiger charge is 2.48. The fourth-order valence-electron chi connectivity index (χ4n) is 13.0. The lowest BCUT2D eigenvalue weighted by atomic mass is 9.92. The maximum absolute atomic E-state index is 11.7. The normalized spacial score (nSPS) is 19.9. The number of carbonyl (C=O) groups excluding carboxylic acids is 3. The Balaban J connectivity index is 0. The van der Waals surface area contributed by atoms with Crippen LogP contribution < -0.4 is 22.9 Å². The second-order valence-electron chi connectivity index (χ2n) is 34.7. The van der Waals surface area contributed by atoms with Crippen molar-refractivity contribution in [1.82, 2.24) is 4.90 Å². The van der Waals surface area contributed by atoms with Crippen molar-refractivity contribution in [3.8, 4) is 0 Å². The maximum Gasteiger partial charge on any atom is 0.335 e. The van der Waals surface area contributed by atoms with E-state index in [1.165, 1.54) is 6.92 Å². The van der Waals surface area contributed by atoms with E-state index in [0.29, 0.717) is 41.7 Å². The van der Waals surface area contributed by atoms with E-state index in [4.69, 9.17) is 37.8 Å². The van der Waals surface area contributed by atoms with Crippen molar-refractivity contribution in [3.05, 3.63) is 289 Å². The molecule has 130 heavy (non-hydrogen) atoms. The number of aliphatic carboxylic acids is 1. The van der Waals surface area contributed by atoms with Crippen LogP contribution >= 0.6 is 0 Å². The molecule has 0 amide bonds. The standard InChI is InChI=1S/C41H63N3O8.C36H57N3O2.C34H53NO2/c1-28(21-15-12-13-20-26-44-41(42)43)22-16-14-17-23-29(2)27-32(5)37(51-40-36(48)34(46)35(47)38(52-40)39(49)50)31(4)25-19-11-9-7-8-10-18-24-30(3)33(6)45;1-29(22-16-13-14-21-27-39(7)36(37)38)23-17-15-18-24-30(2)28-33(5)35(41)32(4)26-20-12-10-8-9-11-19-25-31(3)34(6)40;1-28(21-15-12-13-20-26-35)22-16-14-17-23-29(2)27-32(5)34(37)31(4)25-19-11-9-7-8-10-18-24-30(3)33(6)36/h7-12,15-16,18-19,22,24-25,27-29,31,34-38,40,46-48H,13-14,17,20-21,23,26H2,1-6H3,(H,49,50)(H4,42,43,44);8-13,16-17,19-20,23,25-26,28-30,32,35,41H,14-15,18,21-22,24,27H2,1-7H3,(H3,37,38);7-12,15-16,18-19,22,24-25,27-29,31,34,37H,13-14,17,20-21,23,26,35H2,1-6H3/b8-7+,11-9+,15-12+,18-10+,22-16+,25-19+,30-24+,32-27+;9-8+,12-10+,16-13+,19-11+,23-17+,26-20+,31-25+,33-28+;8-7+,11-9+,15-12+,18-10+,22-16+,25-19+,30-24+,32-27+. The number of carboxylic acids is 1. The summed E-state index contributed by atoms with van der Waals surface area (Å²) < 4.78 is 11.6. The summed E-state index contributed by atoms with van der Waals surface area (Å²) in [5, 5.41) is 69.5. The summed E-state index contributed by atoms with van der Waals surface area (Å²) in [6.45, 7) is 37.5. The molecule has 19 heteroatoms. The molecule has 0 bridgehead atoms. The SMILES string of the molecule is CC(=O)/C(C)=C/C=C/C=C/C=C/C=C/C(C)C(O)/C(C)=C/C(C)CCC/C=C/C(C)C/C=C/CCCN.CC(=O)/C(C)=C/C=C/C=C/C=C/C=C/C(C)C(O)/C(C)=C/C(C)CCC/C=C/C(C)C/C=C/CCCN(C)C(=N)N.CC(=O)/C(C)=C/C=C/C=C/C=C/C=C/C(C)C(OC1OC(C(=O)O)C(O)C(O)C1O)/C(C)=C/C(C)CCC/C=C/C(C)C/C=C/CCCN=C(N)N. The molecule has 19 nitrogen and oxygen atoms in total. The molecule has 1 heterocycles. The van der Waals surface area contributed by atoms with E-state index in [0.717, 1.165) is 157 Å². The van der Waals surface area contributed by atoms with Crippen LogP contribution in [0.1, 0.15) is 240 Å². The molecule has 0 aromatic rings. The lowest BCUT2D eigenvalue weighted by Crippen LogP contribution is -2.61. The average Bonchev–Trinajstić information content (AvgIpc) is 0.798. The molecule has 1 fully saturated rings. The van der Waals surface area contributed by atoms with E-state index in [1.807, 2.05) is 195 Å². The van der Waals surface area contributed by atoms with Gasteiger partial charge >= 0.3 is 5.97 Å². The number of hydrogen-bond donors (Lipinski definition) is 11. The van der Waals surface area contributed by atoms with E-state index in [1.54, 1.807) is 56.9 Å². The summed E-state index contributed by atoms with van der Waals surface area (Å²) in [4.78, 5) is 51.0. The number of Topliss-reactive ketones (excluding diaryl/α,β-unsaturated/α-hetero) is 3. The first-order valence-electron chi connectivity index (χ1n) is 47.1. The highest BCUT2D eigenvalue weighted by molar-refractivity contribution is 5.93. The summed E-state index contributed by atoms with van der Waals surface area (Å²) in [5.41, 5.74) is 26.7. The third-order valence-corrected chi connectivity index (χ3v) is 21.7. The molecule has 0 aromatic carbocycles. The fraction of sp³-hybridized carbons (Fsp3) is 0.514. The first-order valence-corrected chi connectivity index (χ1v) is 47.1. The molecular weight excluding hydrogens is 1620 g/mol. The largest absolute Gasteiger partial charge is 0.479 e. The zero-order valence-electron chi connectivity index (χ0n) is 82.7. The number of carboxylic acid groups (broad SMARTS) is 1. The predicted molar refractivity (Wildman–Crippen MR) is 550 cm³/mol. The second kappa shape index (κ2) is 78.1. The van der Waals surface area contributed by atoms with Gasteiger partial charge in [-0.25, -0.2) is 4.79 Å². The van der Waals surface area contributed by atoms with Crippen molar-refractivity contribution in [3.63, 3.8) is 0 Å². The van der Waals surface area contributed by atoms with Crippen molar-refractivity contribution in [1.29, 1.82) is 5.41 Å². The maximum atomic E-state index is 11.7. The van der Waals surface area contributed by atoms with E-state index >= 15 is 0 Å². The van der Waals surface area contributed by atoms with Crippen LogP contribution in [0.25, 0.3) is 0 Å². The molecule has 1 saturated heterocycles. The Morgan fingerprint density at radius 3 is 1.07 bits per heavy atom. The number of nitrogens with zero attached hydrogens (tertiary/aromatic N) is 2. The lowest BCUT2D eigenvalue weighted by molar-refractivity contribution is -0.303. The highest BCUT2D eigenvalue weighted by atomic mass is 16.7. The fourth-order valence-corrected chi connectivity index (χ4v) is 13.0. The number of aliphatic imine (C=N–C) groups is 1. The van der Waals surface area contributed by atoms with Gasteiger partial charge in [0, 0.05) is 37.9 Å². The number of guanidine groups is 2. The van der Waals surface area contributed by atoms with Gasteiger partial charge in [-0.15, -0.1) is 0 Å². The molecule has 0 spiro atoms. The van der Waals surface area contributed by atoms with Crippen molar-refractivity contribution in [2.75, 3.05) is 26.7 Å². The molecular formula is C111H173N7O12. The molecule has 0 radical (unpaired) electrons. The minimum atomic E-state index is -1.80. The number of unbranched alkanes of at least 4 members (excludes halogenated alkanes) is 6. The minimum absolute atomic E-state index is 0.0257. The van der Waals surface area contributed by atoms with Crippen LogP contribution in [0, 0.1) is 58.7 Å². The Morgan fingerprint density at radius 2 is 0.731 bits per heavy atom. The quantitative estimate of drug-likeness (QED) is 0.00673. The number of carbonyl (C=O) groups is 4. The number of ether oxygens (including phenoxy) is 2. The molecule has 724 valence electrons. The van der Waals surface area contributed by atoms with E-state index in [-0.39, 0.29) is 52.9 Å². The Labute approximate surface area is 786 Å². The first-order chi connectivity index (χ1) is 61.8. The summed E-state index contributed by atoms with van der Waals surface area (Å²) in [5.74, 6) is 1.46. The van der Waals surface area contributed by atoms with Gasteiger partial charge in [0.15, 0.2) is 41.7 Å². The van der Waals surface area contributed by atoms with Gasteiger partial charge in [0.25, 0.3) is 0 Å². The van der Waals surface area contributed by atoms with Crippen LogP contribution in [-0.4, -0.2) is 146 Å². The van der Waals surface area contributed by atoms with Crippen molar-refractivity contribution >= 4 is 35.2 Å². The third kappa shape index (κ3) is 66.8. The van der Waals surface area contributed by atoms with Crippen LogP contribution in [0.3, 0.4) is 0 Å². The van der Waals surface area contributed by atoms with E-state index in [9.17, 15) is 49.8 Å². The Hall–Kier alpha value is -9.54. The number of rotatable bonds is 62. The Morgan fingerprint density at radius 1 is 0.408 bits per heavy atom. The third-order valence-electron chi connectivity index (χ3n) is 21.7. The minimum Gasteiger partial charge on any atom is -0.479 e. The first kappa shape index (κ1) is 123. The summed E-state index contributed by atoms with van der Waals surface area (Å²) >= 11 is 0. The van der Waals surface area contributed by atoms with Gasteiger partial charge in [0.05, 0.1) is 18.3 Å².